The zero-order chi connectivity index (χ0) is 15.5. The number of hydrogen-bond acceptors (Lipinski definition) is 4. The summed E-state index contributed by atoms with van der Waals surface area (Å²) in [6, 6.07) is 3.58. The van der Waals surface area contributed by atoms with Crippen LogP contribution in [0.3, 0.4) is 0 Å². The van der Waals surface area contributed by atoms with E-state index in [-0.39, 0.29) is 17.5 Å². The molecule has 3 nitrogen and oxygen atoms in total. The maximum atomic E-state index is 12.8. The molecule has 1 aromatic carbocycles. The SMILES string of the molecule is CN1CCC[C@H]1COc1cc(N=C=S)cc(C(F)(F)F)c1. The van der Waals surface area contributed by atoms with Crippen molar-refractivity contribution in [3.05, 3.63) is 23.8 Å². The number of benzene rings is 1. The van der Waals surface area contributed by atoms with E-state index in [4.69, 9.17) is 4.74 Å². The van der Waals surface area contributed by atoms with Gasteiger partial charge in [-0.25, -0.2) is 0 Å². The molecule has 0 radical (unpaired) electrons. The highest BCUT2D eigenvalue weighted by Gasteiger charge is 2.31. The van der Waals surface area contributed by atoms with Crippen molar-refractivity contribution < 1.29 is 17.9 Å². The third-order valence-electron chi connectivity index (χ3n) is 3.51. The monoisotopic (exact) mass is 316 g/mol. The van der Waals surface area contributed by atoms with Crippen LogP contribution in [0.1, 0.15) is 18.4 Å². The van der Waals surface area contributed by atoms with E-state index in [1.54, 1.807) is 0 Å². The van der Waals surface area contributed by atoms with Crippen molar-refractivity contribution in [1.29, 1.82) is 0 Å². The number of alkyl halides is 3. The first-order chi connectivity index (χ1) is 9.90. The summed E-state index contributed by atoms with van der Waals surface area (Å²) in [4.78, 5) is 5.75. The Hall–Kier alpha value is -1.43. The summed E-state index contributed by atoms with van der Waals surface area (Å²) in [7, 11) is 1.98. The van der Waals surface area contributed by atoms with Crippen LogP contribution in [0.25, 0.3) is 0 Å². The number of aliphatic imine (C=N–C) groups is 1. The number of isothiocyanates is 1. The van der Waals surface area contributed by atoms with Gasteiger partial charge < -0.3 is 9.64 Å². The molecule has 7 heteroatoms. The predicted molar refractivity (Wildman–Crippen MR) is 77.3 cm³/mol. The fourth-order valence-electron chi connectivity index (χ4n) is 2.33. The number of rotatable bonds is 4. The molecule has 1 atom stereocenters. The second kappa shape index (κ2) is 6.56. The first-order valence-electron chi connectivity index (χ1n) is 6.53. The zero-order valence-corrected chi connectivity index (χ0v) is 12.3. The molecule has 0 bridgehead atoms. The molecule has 0 unspecified atom stereocenters. The Morgan fingerprint density at radius 2 is 2.19 bits per heavy atom. The van der Waals surface area contributed by atoms with Gasteiger partial charge in [0.05, 0.1) is 16.4 Å². The topological polar surface area (TPSA) is 24.8 Å². The second-order valence-corrected chi connectivity index (χ2v) is 5.19. The van der Waals surface area contributed by atoms with Gasteiger partial charge in [-0.05, 0) is 50.8 Å². The molecule has 1 aliphatic heterocycles. The Morgan fingerprint density at radius 1 is 1.43 bits per heavy atom. The molecular formula is C14H15F3N2OS. The molecule has 1 fully saturated rings. The lowest BCUT2D eigenvalue weighted by Crippen LogP contribution is -2.30. The van der Waals surface area contributed by atoms with E-state index < -0.39 is 11.7 Å². The lowest BCUT2D eigenvalue weighted by molar-refractivity contribution is -0.137. The van der Waals surface area contributed by atoms with Crippen LogP contribution in [0.4, 0.5) is 18.9 Å². The molecule has 2 rings (SSSR count). The Bertz CT molecular complexity index is 556. The Balaban J connectivity index is 2.17. The molecule has 0 amide bonds. The van der Waals surface area contributed by atoms with Crippen molar-refractivity contribution in [3.63, 3.8) is 0 Å². The quantitative estimate of drug-likeness (QED) is 0.622. The molecule has 1 aromatic rings. The van der Waals surface area contributed by atoms with Crippen LogP contribution in [0.2, 0.25) is 0 Å². The largest absolute Gasteiger partial charge is 0.492 e. The Kier molecular flexibility index (Phi) is 4.98. The summed E-state index contributed by atoms with van der Waals surface area (Å²) in [6.45, 7) is 1.34. The minimum atomic E-state index is -4.45. The van der Waals surface area contributed by atoms with E-state index in [1.165, 1.54) is 6.07 Å². The number of likely N-dealkylation sites (N-methyl/N-ethyl adjacent to an activating group) is 1. The van der Waals surface area contributed by atoms with Crippen LogP contribution in [-0.2, 0) is 6.18 Å². The van der Waals surface area contributed by atoms with Crippen LogP contribution < -0.4 is 4.74 Å². The average molecular weight is 316 g/mol. The highest BCUT2D eigenvalue weighted by molar-refractivity contribution is 7.78. The summed E-state index contributed by atoms with van der Waals surface area (Å²) in [5.41, 5.74) is -0.710. The molecule has 1 aliphatic rings. The van der Waals surface area contributed by atoms with E-state index >= 15 is 0 Å². The average Bonchev–Trinajstić information content (AvgIpc) is 2.81. The number of thiocarbonyl (C=S) groups is 1. The summed E-state index contributed by atoms with van der Waals surface area (Å²) in [6.07, 6.45) is -2.39. The van der Waals surface area contributed by atoms with Crippen molar-refractivity contribution in [2.45, 2.75) is 25.1 Å². The van der Waals surface area contributed by atoms with Crippen molar-refractivity contribution in [2.24, 2.45) is 4.99 Å². The van der Waals surface area contributed by atoms with Crippen LogP contribution in [0.15, 0.2) is 23.2 Å². The van der Waals surface area contributed by atoms with Gasteiger partial charge in [0.1, 0.15) is 12.4 Å². The molecule has 1 heterocycles. The third kappa shape index (κ3) is 4.27. The molecule has 0 aliphatic carbocycles. The third-order valence-corrected chi connectivity index (χ3v) is 3.60. The van der Waals surface area contributed by atoms with Gasteiger partial charge in [-0.15, -0.1) is 0 Å². The van der Waals surface area contributed by atoms with Gasteiger partial charge >= 0.3 is 6.18 Å². The molecule has 1 saturated heterocycles. The number of hydrogen-bond donors (Lipinski definition) is 0. The lowest BCUT2D eigenvalue weighted by atomic mass is 10.2. The lowest BCUT2D eigenvalue weighted by Gasteiger charge is -2.20. The minimum absolute atomic E-state index is 0.0922. The van der Waals surface area contributed by atoms with E-state index in [0.29, 0.717) is 6.61 Å². The van der Waals surface area contributed by atoms with Gasteiger partial charge in [0.2, 0.25) is 0 Å². The van der Waals surface area contributed by atoms with Gasteiger partial charge in [0, 0.05) is 12.1 Å². The number of halogens is 3. The Labute approximate surface area is 126 Å². The van der Waals surface area contributed by atoms with Gasteiger partial charge in [-0.1, -0.05) is 0 Å². The second-order valence-electron chi connectivity index (χ2n) is 5.00. The molecule has 0 N–H and O–H groups in total. The van der Waals surface area contributed by atoms with E-state index in [2.05, 4.69) is 27.3 Å². The smallest absolute Gasteiger partial charge is 0.416 e. The Morgan fingerprint density at radius 3 is 2.76 bits per heavy atom. The number of likely N-dealkylation sites (tertiary alicyclic amines) is 1. The van der Waals surface area contributed by atoms with Crippen molar-refractivity contribution >= 4 is 23.1 Å². The summed E-state index contributed by atoms with van der Waals surface area (Å²) in [5, 5.41) is 2.07. The molecule has 0 spiro atoms. The standard InChI is InChI=1S/C14H15F3N2OS/c1-19-4-2-3-12(19)8-20-13-6-10(14(15,16)17)5-11(7-13)18-9-21/h5-7,12H,2-4,8H2,1H3/t12-/m0/s1. The van der Waals surface area contributed by atoms with Crippen molar-refractivity contribution in [2.75, 3.05) is 20.2 Å². The van der Waals surface area contributed by atoms with E-state index in [1.807, 2.05) is 7.05 Å². The van der Waals surface area contributed by atoms with Gasteiger partial charge in [-0.3, -0.25) is 0 Å². The van der Waals surface area contributed by atoms with E-state index in [0.717, 1.165) is 31.5 Å². The molecule has 114 valence electrons. The van der Waals surface area contributed by atoms with Crippen LogP contribution >= 0.6 is 12.2 Å². The number of ether oxygens (including phenoxy) is 1. The first-order valence-corrected chi connectivity index (χ1v) is 6.94. The van der Waals surface area contributed by atoms with Gasteiger partial charge in [-0.2, -0.15) is 18.2 Å². The van der Waals surface area contributed by atoms with Crippen molar-refractivity contribution in [1.82, 2.24) is 4.90 Å². The van der Waals surface area contributed by atoms with Gasteiger partial charge in [0.15, 0.2) is 0 Å². The zero-order valence-electron chi connectivity index (χ0n) is 11.5. The summed E-state index contributed by atoms with van der Waals surface area (Å²) < 4.78 is 44.0. The maximum Gasteiger partial charge on any atom is 0.416 e. The molecule has 0 aromatic heterocycles. The normalized spacial score (nSPS) is 19.3. The maximum absolute atomic E-state index is 12.8. The van der Waals surface area contributed by atoms with Gasteiger partial charge in [0.25, 0.3) is 0 Å². The van der Waals surface area contributed by atoms with Crippen LogP contribution in [-0.4, -0.2) is 36.3 Å². The van der Waals surface area contributed by atoms with Crippen LogP contribution in [0, 0.1) is 0 Å². The number of nitrogens with zero attached hydrogens (tertiary/aromatic N) is 2. The fraction of sp³-hybridized carbons (Fsp3) is 0.500. The molecule has 21 heavy (non-hydrogen) atoms. The fourth-order valence-corrected chi connectivity index (χ4v) is 2.44. The van der Waals surface area contributed by atoms with E-state index in [9.17, 15) is 13.2 Å². The highest BCUT2D eigenvalue weighted by Crippen LogP contribution is 2.35. The highest BCUT2D eigenvalue weighted by atomic mass is 32.1. The first kappa shape index (κ1) is 15.9. The molecular weight excluding hydrogens is 301 g/mol. The minimum Gasteiger partial charge on any atom is -0.492 e. The molecule has 0 saturated carbocycles. The van der Waals surface area contributed by atoms with Crippen LogP contribution in [0.5, 0.6) is 5.75 Å². The van der Waals surface area contributed by atoms with Crippen molar-refractivity contribution in [3.8, 4) is 5.75 Å². The predicted octanol–water partition coefficient (Wildman–Crippen LogP) is 3.91. The summed E-state index contributed by atoms with van der Waals surface area (Å²) >= 11 is 4.44. The summed E-state index contributed by atoms with van der Waals surface area (Å²) in [5.74, 6) is 0.147.